The first-order valence-corrected chi connectivity index (χ1v) is 38.5. The van der Waals surface area contributed by atoms with Gasteiger partial charge in [-0.15, -0.1) is 0 Å². The van der Waals surface area contributed by atoms with Crippen molar-refractivity contribution in [2.45, 2.75) is 105 Å². The highest BCUT2D eigenvalue weighted by Gasteiger charge is 2.22. The molecule has 0 amide bonds. The Morgan fingerprint density at radius 3 is 0.652 bits per heavy atom. The molecule has 8 heteroatoms. The summed E-state index contributed by atoms with van der Waals surface area (Å²) >= 11 is 0. The van der Waals surface area contributed by atoms with Crippen LogP contribution in [0.25, 0.3) is 136 Å². The average molecular weight is 1460 g/mol. The summed E-state index contributed by atoms with van der Waals surface area (Å²) < 4.78 is 0. The van der Waals surface area contributed by atoms with Gasteiger partial charge in [0.2, 0.25) is 0 Å². The molecule has 112 heavy (non-hydrogen) atoms. The largest absolute Gasteiger partial charge is 0.248 e. The van der Waals surface area contributed by atoms with Crippen LogP contribution in [0.4, 0.5) is 0 Å². The molecule has 16 aromatic rings. The summed E-state index contributed by atoms with van der Waals surface area (Å²) in [6.07, 6.45) is 0. The van der Waals surface area contributed by atoms with Crippen LogP contribution < -0.4 is 0 Å². The van der Waals surface area contributed by atoms with Crippen molar-refractivity contribution >= 4 is 0 Å². The second-order valence-electron chi connectivity index (χ2n) is 32.1. The first-order valence-electron chi connectivity index (χ1n) is 38.5. The Balaban J connectivity index is 0.000000131. The van der Waals surface area contributed by atoms with Crippen molar-refractivity contribution in [2.75, 3.05) is 0 Å². The monoisotopic (exact) mass is 1460 g/mol. The van der Waals surface area contributed by atoms with Gasteiger partial charge < -0.3 is 0 Å². The van der Waals surface area contributed by atoms with Gasteiger partial charge in [0, 0.05) is 61.2 Å². The topological polar surface area (TPSA) is 103 Å². The summed E-state index contributed by atoms with van der Waals surface area (Å²) in [6, 6.07) is 125. The quantitative estimate of drug-likeness (QED) is 0.119. The van der Waals surface area contributed by atoms with Gasteiger partial charge in [-0.05, 0) is 97.5 Å². The van der Waals surface area contributed by atoms with Gasteiger partial charge >= 0.3 is 0 Å². The van der Waals surface area contributed by atoms with E-state index >= 15 is 0 Å². The van der Waals surface area contributed by atoms with Crippen LogP contribution in [0.15, 0.2) is 364 Å². The van der Waals surface area contributed by atoms with Gasteiger partial charge in [-0.25, -0.2) is 39.9 Å². The zero-order valence-electron chi connectivity index (χ0n) is 66.2. The van der Waals surface area contributed by atoms with E-state index < -0.39 is 0 Å². The standard InChI is InChI=1S/C27H25N.2C26H24N2.C25H23N3/c1-27(2,3)24-16-10-15-22(17-24)26-19-23(20-11-6-4-7-12-20)18-25(28-26)21-13-8-5-9-14-21;1-26(2,3)22-16-10-15-21(17-22)24-18-23(19-11-6-4-7-12-19)27-25(28-24)20-13-8-5-9-14-20;1-26(2,3)22-16-10-15-21(17-22)25-27-23(19-11-6-4-7-12-19)18-24(28-25)20-13-8-5-9-14-20;1-25(2,3)21-16-14-20(15-17-21)24-27-22(18-10-6-4-7-11-18)26-23(28-24)19-12-8-5-9-13-19/h4-19H,1-3H3;2*4-18H,1-3H3;4-17H,1-3H3. The maximum absolute atomic E-state index is 5.02. The van der Waals surface area contributed by atoms with Crippen molar-refractivity contribution < 1.29 is 0 Å². The third kappa shape index (κ3) is 20.1. The molecule has 0 aliphatic rings. The molecule has 4 aromatic heterocycles. The van der Waals surface area contributed by atoms with Crippen LogP contribution in [0.3, 0.4) is 0 Å². The van der Waals surface area contributed by atoms with Gasteiger partial charge in [0.1, 0.15) is 0 Å². The van der Waals surface area contributed by atoms with Crippen LogP contribution in [-0.2, 0) is 21.7 Å². The molecule has 0 spiro atoms. The molecule has 0 atom stereocenters. The lowest BCUT2D eigenvalue weighted by Crippen LogP contribution is -2.11. The van der Waals surface area contributed by atoms with Gasteiger partial charge in [0.15, 0.2) is 29.1 Å². The highest BCUT2D eigenvalue weighted by Crippen LogP contribution is 2.37. The third-order valence-electron chi connectivity index (χ3n) is 19.4. The summed E-state index contributed by atoms with van der Waals surface area (Å²) in [5.74, 6) is 3.56. The minimum absolute atomic E-state index is 0.0787. The minimum Gasteiger partial charge on any atom is -0.248 e. The minimum atomic E-state index is 0.0787. The van der Waals surface area contributed by atoms with E-state index in [0.29, 0.717) is 17.5 Å². The van der Waals surface area contributed by atoms with Crippen molar-refractivity contribution in [3.05, 3.63) is 386 Å². The van der Waals surface area contributed by atoms with E-state index in [0.717, 1.165) is 107 Å². The number of hydrogen-bond acceptors (Lipinski definition) is 8. The molecule has 0 N–H and O–H groups in total. The molecular weight excluding hydrogens is 1360 g/mol. The second-order valence-corrected chi connectivity index (χ2v) is 32.1. The van der Waals surface area contributed by atoms with Crippen molar-refractivity contribution in [3.8, 4) is 136 Å². The van der Waals surface area contributed by atoms with Gasteiger partial charge in [0.25, 0.3) is 0 Å². The number of hydrogen-bond donors (Lipinski definition) is 0. The zero-order chi connectivity index (χ0) is 78.2. The van der Waals surface area contributed by atoms with Gasteiger partial charge in [-0.2, -0.15) is 0 Å². The Morgan fingerprint density at radius 1 is 0.134 bits per heavy atom. The molecule has 552 valence electrons. The molecule has 16 rings (SSSR count). The molecule has 0 aliphatic heterocycles. The summed E-state index contributed by atoms with van der Waals surface area (Å²) in [6.45, 7) is 26.8. The fraction of sp³-hybridized carbons (Fsp3) is 0.154. The predicted molar refractivity (Wildman–Crippen MR) is 468 cm³/mol. The lowest BCUT2D eigenvalue weighted by Gasteiger charge is -2.20. The van der Waals surface area contributed by atoms with Crippen LogP contribution in [0.1, 0.15) is 105 Å². The summed E-state index contributed by atoms with van der Waals surface area (Å²) in [5, 5.41) is 0. The molecule has 0 unspecified atom stereocenters. The summed E-state index contributed by atoms with van der Waals surface area (Å²) in [7, 11) is 0. The smallest absolute Gasteiger partial charge is 0.164 e. The molecule has 8 nitrogen and oxygen atoms in total. The molecule has 0 fully saturated rings. The Kier molecular flexibility index (Phi) is 23.9. The summed E-state index contributed by atoms with van der Waals surface area (Å²) in [4.78, 5) is 38.9. The number of aromatic nitrogens is 8. The Hall–Kier alpha value is -13.0. The Bertz CT molecular complexity index is 5080. The molecule has 0 saturated carbocycles. The third-order valence-corrected chi connectivity index (χ3v) is 19.4. The van der Waals surface area contributed by atoms with Gasteiger partial charge in [-0.3, -0.25) is 0 Å². The van der Waals surface area contributed by atoms with Crippen LogP contribution in [0, 0.1) is 0 Å². The molecular formula is C104H96N8. The normalized spacial score (nSPS) is 11.4. The van der Waals surface area contributed by atoms with E-state index in [1.54, 1.807) is 0 Å². The van der Waals surface area contributed by atoms with E-state index in [2.05, 4.69) is 308 Å². The van der Waals surface area contributed by atoms with Crippen molar-refractivity contribution in [1.29, 1.82) is 0 Å². The lowest BCUT2D eigenvalue weighted by molar-refractivity contribution is 0.590. The molecule has 0 aliphatic carbocycles. The van der Waals surface area contributed by atoms with Crippen LogP contribution >= 0.6 is 0 Å². The first-order chi connectivity index (χ1) is 54.0. The fourth-order valence-electron chi connectivity index (χ4n) is 12.9. The lowest BCUT2D eigenvalue weighted by atomic mass is 9.86. The molecule has 12 aromatic carbocycles. The van der Waals surface area contributed by atoms with Crippen molar-refractivity contribution in [1.82, 2.24) is 39.9 Å². The van der Waals surface area contributed by atoms with Crippen molar-refractivity contribution in [3.63, 3.8) is 0 Å². The van der Waals surface area contributed by atoms with E-state index in [1.807, 2.05) is 140 Å². The fourth-order valence-corrected chi connectivity index (χ4v) is 12.9. The number of rotatable bonds is 12. The summed E-state index contributed by atoms with van der Waals surface area (Å²) in [5.41, 5.74) is 25.4. The van der Waals surface area contributed by atoms with E-state index in [1.165, 1.54) is 33.4 Å². The maximum atomic E-state index is 5.02. The highest BCUT2D eigenvalue weighted by molar-refractivity contribution is 5.78. The maximum Gasteiger partial charge on any atom is 0.164 e. The first kappa shape index (κ1) is 77.1. The number of benzene rings is 12. The molecule has 0 saturated heterocycles. The molecule has 0 bridgehead atoms. The Labute approximate surface area is 662 Å². The van der Waals surface area contributed by atoms with Gasteiger partial charge in [0.05, 0.1) is 34.2 Å². The number of nitrogens with zero attached hydrogens (tertiary/aromatic N) is 8. The van der Waals surface area contributed by atoms with Crippen LogP contribution in [-0.4, -0.2) is 39.9 Å². The van der Waals surface area contributed by atoms with E-state index in [4.69, 9.17) is 39.9 Å². The van der Waals surface area contributed by atoms with Gasteiger partial charge in [-0.1, -0.05) is 405 Å². The SMILES string of the molecule is CC(C)(C)c1ccc(-c2nc(-c3ccccc3)nc(-c3ccccc3)n2)cc1.CC(C)(C)c1cccc(-c2cc(-c3ccccc3)cc(-c3ccccc3)n2)c1.CC(C)(C)c1cccc(-c2cc(-c3ccccc3)nc(-c3ccccc3)n2)c1.CC(C)(C)c1cccc(-c2nc(-c3ccccc3)cc(-c3ccccc3)n2)c1. The van der Waals surface area contributed by atoms with Crippen LogP contribution in [0.5, 0.6) is 0 Å². The zero-order valence-corrected chi connectivity index (χ0v) is 66.2. The average Bonchev–Trinajstić information content (AvgIpc) is 0.809. The highest BCUT2D eigenvalue weighted by atomic mass is 15.0. The van der Waals surface area contributed by atoms with Crippen molar-refractivity contribution in [2.24, 2.45) is 0 Å². The molecule has 0 radical (unpaired) electrons. The van der Waals surface area contributed by atoms with Crippen LogP contribution in [0.2, 0.25) is 0 Å². The van der Waals surface area contributed by atoms with E-state index in [9.17, 15) is 0 Å². The second kappa shape index (κ2) is 34.7. The Morgan fingerprint density at radius 2 is 0.348 bits per heavy atom. The van der Waals surface area contributed by atoms with E-state index in [-0.39, 0.29) is 21.7 Å². The molecule has 4 heterocycles. The predicted octanol–water partition coefficient (Wildman–Crippen LogP) is 27.1. The number of pyridine rings is 1.